The number of halogens is 1. The first-order chi connectivity index (χ1) is 8.18. The minimum Gasteiger partial charge on any atom is -0.370 e. The second-order valence-corrected chi connectivity index (χ2v) is 4.92. The molecule has 0 unspecified atom stereocenters. The van der Waals surface area contributed by atoms with Crippen molar-refractivity contribution in [2.45, 2.75) is 38.1 Å². The fourth-order valence-corrected chi connectivity index (χ4v) is 2.16. The average Bonchev–Trinajstić information content (AvgIpc) is 3.08. The van der Waals surface area contributed by atoms with Crippen LogP contribution in [0.2, 0.25) is 0 Å². The lowest BCUT2D eigenvalue weighted by molar-refractivity contribution is -0.127. The van der Waals surface area contributed by atoms with Crippen molar-refractivity contribution in [1.29, 1.82) is 0 Å². The molecule has 1 saturated heterocycles. The maximum Gasteiger partial charge on any atom is 0.222 e. The Labute approximate surface area is 126 Å². The molecule has 0 aromatic rings. The van der Waals surface area contributed by atoms with Crippen LogP contribution in [-0.4, -0.2) is 54.4 Å². The van der Waals surface area contributed by atoms with Crippen molar-refractivity contribution in [2.24, 2.45) is 10.7 Å². The van der Waals surface area contributed by atoms with Gasteiger partial charge < -0.3 is 15.5 Å². The highest BCUT2D eigenvalue weighted by atomic mass is 127. The van der Waals surface area contributed by atoms with E-state index in [1.807, 2.05) is 11.9 Å². The number of aliphatic imine (C=N–C) groups is 1. The second-order valence-electron chi connectivity index (χ2n) is 4.92. The van der Waals surface area contributed by atoms with E-state index in [-0.39, 0.29) is 29.9 Å². The topological polar surface area (TPSA) is 61.9 Å². The molecule has 2 fully saturated rings. The molecule has 1 heterocycles. The van der Waals surface area contributed by atoms with Crippen LogP contribution < -0.4 is 5.73 Å². The summed E-state index contributed by atoms with van der Waals surface area (Å²) in [6, 6.07) is 0.610. The van der Waals surface area contributed by atoms with Gasteiger partial charge in [-0.2, -0.15) is 0 Å². The third kappa shape index (κ3) is 4.29. The van der Waals surface area contributed by atoms with Gasteiger partial charge >= 0.3 is 0 Å². The predicted molar refractivity (Wildman–Crippen MR) is 83.1 cm³/mol. The molecule has 0 atom stereocenters. The fourth-order valence-electron chi connectivity index (χ4n) is 2.16. The normalized spacial score (nSPS) is 19.9. The van der Waals surface area contributed by atoms with Crippen LogP contribution in [0.1, 0.15) is 32.1 Å². The van der Waals surface area contributed by atoms with E-state index in [2.05, 4.69) is 9.89 Å². The van der Waals surface area contributed by atoms with Crippen LogP contribution in [0.4, 0.5) is 0 Å². The molecule has 0 aromatic heterocycles. The van der Waals surface area contributed by atoms with Crippen molar-refractivity contribution in [3.63, 3.8) is 0 Å². The molecule has 5 nitrogen and oxygen atoms in total. The van der Waals surface area contributed by atoms with E-state index in [4.69, 9.17) is 5.73 Å². The van der Waals surface area contributed by atoms with Gasteiger partial charge in [-0.1, -0.05) is 0 Å². The summed E-state index contributed by atoms with van der Waals surface area (Å²) in [6.45, 7) is 2.45. The summed E-state index contributed by atoms with van der Waals surface area (Å²) in [5.74, 6) is 0.928. The largest absolute Gasteiger partial charge is 0.370 e. The van der Waals surface area contributed by atoms with Crippen LogP contribution in [-0.2, 0) is 4.79 Å². The first kappa shape index (κ1) is 15.5. The first-order valence-corrected chi connectivity index (χ1v) is 6.49. The number of amides is 1. The molecular formula is C12H23IN4O. The molecular weight excluding hydrogens is 343 g/mol. The zero-order chi connectivity index (χ0) is 12.3. The Morgan fingerprint density at radius 3 is 2.83 bits per heavy atom. The molecule has 2 N–H and O–H groups in total. The first-order valence-electron chi connectivity index (χ1n) is 6.49. The van der Waals surface area contributed by atoms with Gasteiger partial charge in [0.25, 0.3) is 0 Å². The summed E-state index contributed by atoms with van der Waals surface area (Å²) < 4.78 is 0. The number of nitrogens with zero attached hydrogens (tertiary/aromatic N) is 3. The van der Waals surface area contributed by atoms with Crippen LogP contribution in [0.15, 0.2) is 4.99 Å². The van der Waals surface area contributed by atoms with E-state index in [1.54, 1.807) is 0 Å². The van der Waals surface area contributed by atoms with Crippen molar-refractivity contribution in [1.82, 2.24) is 9.80 Å². The zero-order valence-corrected chi connectivity index (χ0v) is 13.3. The highest BCUT2D eigenvalue weighted by Gasteiger charge is 2.27. The molecule has 0 aromatic carbocycles. The highest BCUT2D eigenvalue weighted by Crippen LogP contribution is 2.24. The molecule has 2 rings (SSSR count). The Morgan fingerprint density at radius 1 is 1.56 bits per heavy atom. The van der Waals surface area contributed by atoms with Gasteiger partial charge in [-0.3, -0.25) is 9.79 Å². The highest BCUT2D eigenvalue weighted by molar-refractivity contribution is 14.0. The Hall–Kier alpha value is -0.530. The number of hydrogen-bond acceptors (Lipinski definition) is 2. The Kier molecular flexibility index (Phi) is 6.17. The summed E-state index contributed by atoms with van der Waals surface area (Å²) >= 11 is 0. The lowest BCUT2D eigenvalue weighted by Gasteiger charge is -2.17. The zero-order valence-electron chi connectivity index (χ0n) is 11.0. The third-order valence-corrected chi connectivity index (χ3v) is 3.49. The van der Waals surface area contributed by atoms with Crippen molar-refractivity contribution < 1.29 is 4.79 Å². The van der Waals surface area contributed by atoms with Gasteiger partial charge in [0, 0.05) is 39.1 Å². The molecule has 18 heavy (non-hydrogen) atoms. The van der Waals surface area contributed by atoms with Gasteiger partial charge in [0.2, 0.25) is 5.91 Å². The SMILES string of the molecule is CN(C(N)=NCCCN1CCCC1=O)C1CC1.I. The number of rotatable bonds is 5. The molecule has 104 valence electrons. The lowest BCUT2D eigenvalue weighted by Crippen LogP contribution is -2.36. The van der Waals surface area contributed by atoms with E-state index < -0.39 is 0 Å². The van der Waals surface area contributed by atoms with E-state index in [0.717, 1.165) is 32.4 Å². The Bertz CT molecular complexity index is 317. The van der Waals surface area contributed by atoms with Gasteiger partial charge in [-0.15, -0.1) is 24.0 Å². The molecule has 0 bridgehead atoms. The number of carbonyl (C=O) groups is 1. The predicted octanol–water partition coefficient (Wildman–Crippen LogP) is 1.03. The van der Waals surface area contributed by atoms with Crippen molar-refractivity contribution in [2.75, 3.05) is 26.7 Å². The van der Waals surface area contributed by atoms with Gasteiger partial charge in [-0.05, 0) is 25.7 Å². The standard InChI is InChI=1S/C12H22N4O.HI/c1-15(10-5-6-10)12(13)14-7-3-9-16-8-2-4-11(16)17;/h10H,2-9H2,1H3,(H2,13,14);1H. The van der Waals surface area contributed by atoms with Crippen molar-refractivity contribution in [3.8, 4) is 0 Å². The van der Waals surface area contributed by atoms with Crippen LogP contribution >= 0.6 is 24.0 Å². The van der Waals surface area contributed by atoms with Crippen LogP contribution in [0, 0.1) is 0 Å². The number of hydrogen-bond donors (Lipinski definition) is 1. The Balaban J connectivity index is 0.00000162. The van der Waals surface area contributed by atoms with Crippen LogP contribution in [0.25, 0.3) is 0 Å². The van der Waals surface area contributed by atoms with Gasteiger partial charge in [0.05, 0.1) is 0 Å². The molecule has 1 amide bonds. The quantitative estimate of drug-likeness (QED) is 0.342. The van der Waals surface area contributed by atoms with Crippen molar-refractivity contribution in [3.05, 3.63) is 0 Å². The summed E-state index contributed by atoms with van der Waals surface area (Å²) in [5.41, 5.74) is 5.88. The molecule has 0 spiro atoms. The molecule has 1 saturated carbocycles. The van der Waals surface area contributed by atoms with Gasteiger partial charge in [0.1, 0.15) is 0 Å². The van der Waals surface area contributed by atoms with Crippen molar-refractivity contribution >= 4 is 35.8 Å². The fraction of sp³-hybridized carbons (Fsp3) is 0.833. The van der Waals surface area contributed by atoms with Crippen LogP contribution in [0.5, 0.6) is 0 Å². The summed E-state index contributed by atoms with van der Waals surface area (Å²) in [4.78, 5) is 19.7. The molecule has 1 aliphatic carbocycles. The summed E-state index contributed by atoms with van der Waals surface area (Å²) in [5, 5.41) is 0. The number of carbonyl (C=O) groups excluding carboxylic acids is 1. The second kappa shape index (κ2) is 7.16. The minimum absolute atomic E-state index is 0. The van der Waals surface area contributed by atoms with E-state index in [0.29, 0.717) is 18.5 Å². The number of guanidine groups is 1. The van der Waals surface area contributed by atoms with E-state index in [1.165, 1.54) is 12.8 Å². The average molecular weight is 366 g/mol. The van der Waals surface area contributed by atoms with Gasteiger partial charge in [-0.25, -0.2) is 0 Å². The minimum atomic E-state index is 0. The smallest absolute Gasteiger partial charge is 0.222 e. The lowest BCUT2D eigenvalue weighted by atomic mass is 10.4. The van der Waals surface area contributed by atoms with Crippen LogP contribution in [0.3, 0.4) is 0 Å². The monoisotopic (exact) mass is 366 g/mol. The molecule has 1 aliphatic heterocycles. The Morgan fingerprint density at radius 2 is 2.28 bits per heavy atom. The maximum absolute atomic E-state index is 11.4. The van der Waals surface area contributed by atoms with Gasteiger partial charge in [0.15, 0.2) is 5.96 Å². The summed E-state index contributed by atoms with van der Waals surface area (Å²) in [7, 11) is 2.00. The maximum atomic E-state index is 11.4. The molecule has 2 aliphatic rings. The summed E-state index contributed by atoms with van der Waals surface area (Å²) in [6.07, 6.45) is 5.10. The number of likely N-dealkylation sites (tertiary alicyclic amines) is 1. The molecule has 6 heteroatoms. The van der Waals surface area contributed by atoms with E-state index in [9.17, 15) is 4.79 Å². The third-order valence-electron chi connectivity index (χ3n) is 3.49. The number of nitrogens with two attached hydrogens (primary N) is 1. The molecule has 0 radical (unpaired) electrons. The van der Waals surface area contributed by atoms with E-state index >= 15 is 0 Å².